The van der Waals surface area contributed by atoms with E-state index in [0.29, 0.717) is 11.5 Å². The summed E-state index contributed by atoms with van der Waals surface area (Å²) in [6.45, 7) is 1.46. The normalized spacial score (nSPS) is 14.7. The van der Waals surface area contributed by atoms with E-state index in [2.05, 4.69) is 38.1 Å². The first-order chi connectivity index (χ1) is 14.8. The van der Waals surface area contributed by atoms with Gasteiger partial charge in [0.1, 0.15) is 6.33 Å². The molecule has 0 aliphatic carbocycles. The second-order valence-electron chi connectivity index (χ2n) is 7.44. The Morgan fingerprint density at radius 1 is 0.900 bits per heavy atom. The second-order valence-corrected chi connectivity index (χ2v) is 7.44. The average Bonchev–Trinajstić information content (AvgIpc) is 2.84. The summed E-state index contributed by atoms with van der Waals surface area (Å²) in [5, 5.41) is 0.991. The van der Waals surface area contributed by atoms with Crippen LogP contribution in [0.15, 0.2) is 67.6 Å². The number of piperidine rings is 1. The number of fused-ring (bicyclic) bond motifs is 1. The van der Waals surface area contributed by atoms with E-state index >= 15 is 0 Å². The molecule has 0 radical (unpaired) electrons. The minimum absolute atomic E-state index is 0.0707. The fraction of sp³-hybridized carbons (Fsp3) is 0.217. The molecule has 1 aliphatic heterocycles. The molecule has 0 saturated carbocycles. The van der Waals surface area contributed by atoms with Gasteiger partial charge in [-0.3, -0.25) is 9.78 Å². The van der Waals surface area contributed by atoms with Crippen molar-refractivity contribution in [3.63, 3.8) is 0 Å². The maximum atomic E-state index is 12.6. The molecule has 7 nitrogen and oxygen atoms in total. The van der Waals surface area contributed by atoms with E-state index in [1.807, 2.05) is 11.1 Å². The van der Waals surface area contributed by atoms with Crippen LogP contribution in [-0.4, -0.2) is 48.8 Å². The van der Waals surface area contributed by atoms with Crippen LogP contribution in [0.2, 0.25) is 0 Å². The molecule has 0 aromatic carbocycles. The lowest BCUT2D eigenvalue weighted by Gasteiger charge is -2.31. The largest absolute Gasteiger partial charge is 0.339 e. The van der Waals surface area contributed by atoms with Crippen molar-refractivity contribution < 1.29 is 4.79 Å². The lowest BCUT2D eigenvalue weighted by molar-refractivity contribution is 0.0712. The lowest BCUT2D eigenvalue weighted by atomic mass is 9.92. The van der Waals surface area contributed by atoms with Gasteiger partial charge in [0.15, 0.2) is 5.65 Å². The summed E-state index contributed by atoms with van der Waals surface area (Å²) >= 11 is 0. The van der Waals surface area contributed by atoms with Gasteiger partial charge < -0.3 is 4.90 Å². The standard InChI is InChI=1S/C23H20N6O/c30-23(17-3-7-24-8-4-17)29-9-5-16(6-10-29)21-2-1-18-11-19(14-27-22(18)28-21)20-12-25-15-26-13-20/h1-4,7-8,11-16H,5-6,9-10H2. The van der Waals surface area contributed by atoms with Crippen molar-refractivity contribution in [3.05, 3.63) is 78.9 Å². The number of likely N-dealkylation sites (tertiary alicyclic amines) is 1. The zero-order chi connectivity index (χ0) is 20.3. The van der Waals surface area contributed by atoms with E-state index < -0.39 is 0 Å². The molecule has 0 bridgehead atoms. The third kappa shape index (κ3) is 3.61. The third-order valence-electron chi connectivity index (χ3n) is 5.59. The van der Waals surface area contributed by atoms with E-state index in [1.165, 1.54) is 6.33 Å². The van der Waals surface area contributed by atoms with Crippen LogP contribution in [0.25, 0.3) is 22.2 Å². The number of rotatable bonds is 3. The summed E-state index contributed by atoms with van der Waals surface area (Å²) in [7, 11) is 0. The highest BCUT2D eigenvalue weighted by molar-refractivity contribution is 5.94. The first-order valence-electron chi connectivity index (χ1n) is 9.99. The Balaban J connectivity index is 1.30. The van der Waals surface area contributed by atoms with Crippen molar-refractivity contribution in [2.24, 2.45) is 0 Å². The van der Waals surface area contributed by atoms with Crippen molar-refractivity contribution in [1.29, 1.82) is 0 Å². The molecular weight excluding hydrogens is 376 g/mol. The summed E-state index contributed by atoms with van der Waals surface area (Å²) in [5.41, 5.74) is 4.38. The monoisotopic (exact) mass is 396 g/mol. The van der Waals surface area contributed by atoms with Gasteiger partial charge in [-0.25, -0.2) is 19.9 Å². The van der Waals surface area contributed by atoms with Gasteiger partial charge in [0.05, 0.1) is 0 Å². The number of hydrogen-bond donors (Lipinski definition) is 0. The minimum atomic E-state index is 0.0707. The predicted molar refractivity (Wildman–Crippen MR) is 113 cm³/mol. The number of aromatic nitrogens is 5. The second kappa shape index (κ2) is 7.94. The van der Waals surface area contributed by atoms with E-state index in [-0.39, 0.29) is 5.91 Å². The van der Waals surface area contributed by atoms with Gasteiger partial charge in [0.25, 0.3) is 5.91 Å². The van der Waals surface area contributed by atoms with Crippen LogP contribution in [0.3, 0.4) is 0 Å². The Labute approximate surface area is 173 Å². The summed E-state index contributed by atoms with van der Waals surface area (Å²) in [5.74, 6) is 0.404. The highest BCUT2D eigenvalue weighted by Crippen LogP contribution is 2.29. The van der Waals surface area contributed by atoms with Crippen molar-refractivity contribution >= 4 is 16.9 Å². The first-order valence-corrected chi connectivity index (χ1v) is 9.99. The lowest BCUT2D eigenvalue weighted by Crippen LogP contribution is -2.38. The van der Waals surface area contributed by atoms with Gasteiger partial charge in [-0.2, -0.15) is 0 Å². The van der Waals surface area contributed by atoms with Crippen LogP contribution < -0.4 is 0 Å². The van der Waals surface area contributed by atoms with Gasteiger partial charge >= 0.3 is 0 Å². The maximum Gasteiger partial charge on any atom is 0.253 e. The van der Waals surface area contributed by atoms with Crippen LogP contribution >= 0.6 is 0 Å². The van der Waals surface area contributed by atoms with E-state index in [0.717, 1.165) is 53.8 Å². The maximum absolute atomic E-state index is 12.6. The quantitative estimate of drug-likeness (QED) is 0.527. The highest BCUT2D eigenvalue weighted by Gasteiger charge is 2.25. The number of pyridine rings is 3. The van der Waals surface area contributed by atoms with Crippen LogP contribution in [0.1, 0.15) is 34.8 Å². The number of hydrogen-bond acceptors (Lipinski definition) is 6. The molecule has 1 aliphatic rings. The Kier molecular flexibility index (Phi) is 4.85. The number of carbonyl (C=O) groups excluding carboxylic acids is 1. The molecule has 148 valence electrons. The SMILES string of the molecule is O=C(c1ccncc1)N1CCC(c2ccc3cc(-c4cncnc4)cnc3n2)CC1. The summed E-state index contributed by atoms with van der Waals surface area (Å²) < 4.78 is 0. The fourth-order valence-electron chi connectivity index (χ4n) is 3.91. The Morgan fingerprint density at radius 2 is 1.67 bits per heavy atom. The molecule has 30 heavy (non-hydrogen) atoms. The van der Waals surface area contributed by atoms with Crippen LogP contribution in [0.4, 0.5) is 0 Å². The van der Waals surface area contributed by atoms with Crippen molar-refractivity contribution in [2.45, 2.75) is 18.8 Å². The van der Waals surface area contributed by atoms with E-state index in [4.69, 9.17) is 4.98 Å². The molecular formula is C23H20N6O. The van der Waals surface area contributed by atoms with Gasteiger partial charge in [0.2, 0.25) is 0 Å². The topological polar surface area (TPSA) is 84.8 Å². The molecule has 5 rings (SSSR count). The van der Waals surface area contributed by atoms with Crippen LogP contribution in [0.5, 0.6) is 0 Å². The van der Waals surface area contributed by atoms with E-state index in [9.17, 15) is 4.79 Å². The Bertz CT molecular complexity index is 1170. The number of carbonyl (C=O) groups is 1. The molecule has 1 fully saturated rings. The zero-order valence-electron chi connectivity index (χ0n) is 16.3. The molecule has 0 atom stereocenters. The van der Waals surface area contributed by atoms with E-state index in [1.54, 1.807) is 36.9 Å². The molecule has 1 amide bonds. The molecule has 7 heteroatoms. The highest BCUT2D eigenvalue weighted by atomic mass is 16.2. The van der Waals surface area contributed by atoms with Crippen LogP contribution in [0, 0.1) is 0 Å². The smallest absolute Gasteiger partial charge is 0.253 e. The summed E-state index contributed by atoms with van der Waals surface area (Å²) in [6.07, 6.45) is 12.0. The Hall–Kier alpha value is -3.74. The van der Waals surface area contributed by atoms with Crippen LogP contribution in [-0.2, 0) is 0 Å². The molecule has 5 heterocycles. The zero-order valence-corrected chi connectivity index (χ0v) is 16.3. The number of nitrogens with zero attached hydrogens (tertiary/aromatic N) is 6. The molecule has 4 aromatic rings. The van der Waals surface area contributed by atoms with Gasteiger partial charge in [-0.1, -0.05) is 0 Å². The summed E-state index contributed by atoms with van der Waals surface area (Å²) in [4.78, 5) is 36.0. The third-order valence-corrected chi connectivity index (χ3v) is 5.59. The number of amides is 1. The van der Waals surface area contributed by atoms with Crippen molar-refractivity contribution in [2.75, 3.05) is 13.1 Å². The Morgan fingerprint density at radius 3 is 2.43 bits per heavy atom. The first kappa shape index (κ1) is 18.3. The minimum Gasteiger partial charge on any atom is -0.339 e. The van der Waals surface area contributed by atoms with Crippen molar-refractivity contribution in [3.8, 4) is 11.1 Å². The average molecular weight is 396 g/mol. The van der Waals surface area contributed by atoms with Gasteiger partial charge in [-0.05, 0) is 43.2 Å². The summed E-state index contributed by atoms with van der Waals surface area (Å²) in [6, 6.07) is 9.75. The fourth-order valence-corrected chi connectivity index (χ4v) is 3.91. The van der Waals surface area contributed by atoms with Crippen molar-refractivity contribution in [1.82, 2.24) is 29.8 Å². The molecule has 0 unspecified atom stereocenters. The molecule has 0 spiro atoms. The van der Waals surface area contributed by atoms with Gasteiger partial charge in [0, 0.05) is 77.8 Å². The molecule has 4 aromatic heterocycles. The predicted octanol–water partition coefficient (Wildman–Crippen LogP) is 3.50. The molecule has 1 saturated heterocycles. The van der Waals surface area contributed by atoms with Gasteiger partial charge in [-0.15, -0.1) is 0 Å². The molecule has 0 N–H and O–H groups in total.